The summed E-state index contributed by atoms with van der Waals surface area (Å²) in [6, 6.07) is 8.19. The Morgan fingerprint density at radius 1 is 1.47 bits per heavy atom. The van der Waals surface area contributed by atoms with Crippen molar-refractivity contribution < 1.29 is 0 Å². The topological polar surface area (TPSA) is 35.8 Å². The molecule has 0 aromatic heterocycles. The maximum atomic E-state index is 9.65. The minimum absolute atomic E-state index is 0.200. The van der Waals surface area contributed by atoms with E-state index in [-0.39, 0.29) is 5.41 Å². The lowest BCUT2D eigenvalue weighted by Crippen LogP contribution is -2.39. The number of nitrogens with zero attached hydrogens (tertiary/aromatic N) is 1. The third kappa shape index (κ3) is 2.90. The molecule has 4 heteroatoms. The lowest BCUT2D eigenvalue weighted by Gasteiger charge is -2.29. The molecule has 1 aromatic rings. The summed E-state index contributed by atoms with van der Waals surface area (Å²) in [4.78, 5) is 0. The van der Waals surface area contributed by atoms with Crippen molar-refractivity contribution in [3.63, 3.8) is 0 Å². The van der Waals surface area contributed by atoms with Crippen LogP contribution in [0.1, 0.15) is 33.6 Å². The Hall–Kier alpha value is -0.720. The number of nitrogens with one attached hydrogen (secondary N) is 1. The number of nitriles is 1. The van der Waals surface area contributed by atoms with Gasteiger partial charge >= 0.3 is 0 Å². The molecule has 0 saturated heterocycles. The SMILES string of the molecule is CC1CC(C)(C)CC1(C#N)Nc1ccc(Cl)c(Br)c1. The molecule has 0 spiro atoms. The van der Waals surface area contributed by atoms with Crippen LogP contribution in [0.4, 0.5) is 5.69 Å². The first-order chi connectivity index (χ1) is 8.78. The summed E-state index contributed by atoms with van der Waals surface area (Å²) in [5.74, 6) is 0.321. The van der Waals surface area contributed by atoms with Crippen LogP contribution in [0, 0.1) is 22.7 Å². The highest BCUT2D eigenvalue weighted by Crippen LogP contribution is 2.48. The highest BCUT2D eigenvalue weighted by molar-refractivity contribution is 9.10. The molecule has 0 bridgehead atoms. The molecular weight excluding hydrogens is 324 g/mol. The second kappa shape index (κ2) is 5.00. The molecule has 2 nitrogen and oxygen atoms in total. The normalized spacial score (nSPS) is 28.9. The number of hydrogen-bond donors (Lipinski definition) is 1. The number of halogens is 2. The van der Waals surface area contributed by atoms with Crippen LogP contribution in [0.5, 0.6) is 0 Å². The Balaban J connectivity index is 2.29. The Morgan fingerprint density at radius 2 is 2.16 bits per heavy atom. The van der Waals surface area contributed by atoms with Crippen molar-refractivity contribution in [1.29, 1.82) is 5.26 Å². The van der Waals surface area contributed by atoms with Gasteiger partial charge in [0.25, 0.3) is 0 Å². The van der Waals surface area contributed by atoms with Crippen LogP contribution in [0.15, 0.2) is 22.7 Å². The Bertz CT molecular complexity index is 535. The maximum Gasteiger partial charge on any atom is 0.128 e. The first-order valence-electron chi connectivity index (χ1n) is 6.42. The molecule has 1 aromatic carbocycles. The average Bonchev–Trinajstić information content (AvgIpc) is 2.54. The minimum atomic E-state index is -0.489. The van der Waals surface area contributed by atoms with E-state index in [1.165, 1.54) is 0 Å². The fourth-order valence-corrected chi connectivity index (χ4v) is 3.68. The molecule has 1 aliphatic rings. The highest BCUT2D eigenvalue weighted by atomic mass is 79.9. The largest absolute Gasteiger partial charge is 0.367 e. The van der Waals surface area contributed by atoms with Gasteiger partial charge < -0.3 is 5.32 Å². The van der Waals surface area contributed by atoms with Crippen LogP contribution in [-0.2, 0) is 0 Å². The zero-order chi connectivity index (χ0) is 14.3. The molecule has 0 aliphatic heterocycles. The molecule has 1 saturated carbocycles. The molecule has 2 unspecified atom stereocenters. The second-order valence-electron chi connectivity index (χ2n) is 6.28. The van der Waals surface area contributed by atoms with Crippen LogP contribution in [0.2, 0.25) is 5.02 Å². The van der Waals surface area contributed by atoms with Crippen molar-refractivity contribution in [3.05, 3.63) is 27.7 Å². The van der Waals surface area contributed by atoms with Gasteiger partial charge in [-0.15, -0.1) is 0 Å². The van der Waals surface area contributed by atoms with Gasteiger partial charge in [0.2, 0.25) is 0 Å². The molecule has 1 fully saturated rings. The van der Waals surface area contributed by atoms with E-state index >= 15 is 0 Å². The molecule has 0 heterocycles. The van der Waals surface area contributed by atoms with Gasteiger partial charge in [0.15, 0.2) is 0 Å². The van der Waals surface area contributed by atoms with E-state index in [0.29, 0.717) is 10.9 Å². The quantitative estimate of drug-likeness (QED) is 0.799. The van der Waals surface area contributed by atoms with Crippen molar-refractivity contribution in [1.82, 2.24) is 0 Å². The fourth-order valence-electron chi connectivity index (χ4n) is 3.18. The number of anilines is 1. The molecule has 0 radical (unpaired) electrons. The summed E-state index contributed by atoms with van der Waals surface area (Å²) < 4.78 is 0.845. The summed E-state index contributed by atoms with van der Waals surface area (Å²) in [7, 11) is 0. The Morgan fingerprint density at radius 3 is 2.63 bits per heavy atom. The molecule has 19 heavy (non-hydrogen) atoms. The van der Waals surface area contributed by atoms with Gasteiger partial charge in [-0.25, -0.2) is 0 Å². The minimum Gasteiger partial charge on any atom is -0.367 e. The molecule has 0 amide bonds. The molecule has 1 N–H and O–H groups in total. The van der Waals surface area contributed by atoms with E-state index in [9.17, 15) is 5.26 Å². The van der Waals surface area contributed by atoms with Crippen LogP contribution in [-0.4, -0.2) is 5.54 Å². The first-order valence-corrected chi connectivity index (χ1v) is 7.60. The molecular formula is C15H18BrClN2. The third-order valence-corrected chi connectivity index (χ3v) is 5.16. The molecule has 2 atom stereocenters. The number of rotatable bonds is 2. The smallest absolute Gasteiger partial charge is 0.128 e. The summed E-state index contributed by atoms with van der Waals surface area (Å²) in [6.45, 7) is 6.60. The maximum absolute atomic E-state index is 9.65. The Kier molecular flexibility index (Phi) is 3.86. The number of benzene rings is 1. The van der Waals surface area contributed by atoms with E-state index < -0.39 is 5.54 Å². The van der Waals surface area contributed by atoms with Gasteiger partial charge in [0.05, 0.1) is 11.1 Å². The summed E-state index contributed by atoms with van der Waals surface area (Å²) in [5, 5.41) is 13.8. The first kappa shape index (κ1) is 14.7. The molecule has 2 rings (SSSR count). The monoisotopic (exact) mass is 340 g/mol. The van der Waals surface area contributed by atoms with Gasteiger partial charge in [-0.2, -0.15) is 5.26 Å². The van der Waals surface area contributed by atoms with E-state index in [1.807, 2.05) is 18.2 Å². The van der Waals surface area contributed by atoms with Crippen LogP contribution in [0.3, 0.4) is 0 Å². The fraction of sp³-hybridized carbons (Fsp3) is 0.533. The van der Waals surface area contributed by atoms with Crippen molar-refractivity contribution in [2.24, 2.45) is 11.3 Å². The Labute approximate surface area is 128 Å². The van der Waals surface area contributed by atoms with Gasteiger partial charge in [-0.1, -0.05) is 32.4 Å². The molecule has 102 valence electrons. The van der Waals surface area contributed by atoms with Crippen molar-refractivity contribution in [2.45, 2.75) is 39.2 Å². The summed E-state index contributed by atoms with van der Waals surface area (Å²) in [5.41, 5.74) is 0.644. The second-order valence-corrected chi connectivity index (χ2v) is 7.54. The van der Waals surface area contributed by atoms with Crippen molar-refractivity contribution in [3.8, 4) is 6.07 Å². The van der Waals surface area contributed by atoms with Crippen molar-refractivity contribution >= 4 is 33.2 Å². The average molecular weight is 342 g/mol. The summed E-state index contributed by atoms with van der Waals surface area (Å²) in [6.07, 6.45) is 1.92. The van der Waals surface area contributed by atoms with Gasteiger partial charge in [0, 0.05) is 10.2 Å². The van der Waals surface area contributed by atoms with Crippen LogP contribution >= 0.6 is 27.5 Å². The predicted octanol–water partition coefficient (Wildman–Crippen LogP) is 5.23. The predicted molar refractivity (Wildman–Crippen MR) is 83.3 cm³/mol. The zero-order valence-corrected chi connectivity index (χ0v) is 13.8. The van der Waals surface area contributed by atoms with E-state index in [2.05, 4.69) is 48.1 Å². The molecule has 1 aliphatic carbocycles. The number of hydrogen-bond acceptors (Lipinski definition) is 2. The van der Waals surface area contributed by atoms with Crippen LogP contribution < -0.4 is 5.32 Å². The third-order valence-electron chi connectivity index (χ3n) is 3.94. The highest BCUT2D eigenvalue weighted by Gasteiger charge is 2.49. The van der Waals surface area contributed by atoms with Crippen LogP contribution in [0.25, 0.3) is 0 Å². The zero-order valence-electron chi connectivity index (χ0n) is 11.4. The lowest BCUT2D eigenvalue weighted by atomic mass is 9.87. The van der Waals surface area contributed by atoms with E-state index in [0.717, 1.165) is 23.0 Å². The van der Waals surface area contributed by atoms with E-state index in [4.69, 9.17) is 11.6 Å². The van der Waals surface area contributed by atoms with Gasteiger partial charge in [-0.05, 0) is 58.3 Å². The summed E-state index contributed by atoms with van der Waals surface area (Å²) >= 11 is 9.42. The van der Waals surface area contributed by atoms with Crippen molar-refractivity contribution in [2.75, 3.05) is 5.32 Å². The standard InChI is InChI=1S/C15H18BrClN2/c1-10-7-14(2,3)8-15(10,9-18)19-11-4-5-13(17)12(16)6-11/h4-6,10,19H,7-8H2,1-3H3. The van der Waals surface area contributed by atoms with Gasteiger partial charge in [0.1, 0.15) is 5.54 Å². The van der Waals surface area contributed by atoms with Gasteiger partial charge in [-0.3, -0.25) is 0 Å². The van der Waals surface area contributed by atoms with E-state index in [1.54, 1.807) is 0 Å². The lowest BCUT2D eigenvalue weighted by molar-refractivity contribution is 0.363.